The predicted molar refractivity (Wildman–Crippen MR) is 89.0 cm³/mol. The molecule has 1 aromatic rings. The lowest BCUT2D eigenvalue weighted by Gasteiger charge is -2.28. The highest BCUT2D eigenvalue weighted by atomic mass is 32.1. The number of carboxylic acids is 1. The van der Waals surface area contributed by atoms with Gasteiger partial charge in [0, 0.05) is 11.8 Å². The molecule has 0 aliphatic heterocycles. The van der Waals surface area contributed by atoms with E-state index in [0.717, 1.165) is 18.4 Å². The Kier molecular flexibility index (Phi) is 6.31. The van der Waals surface area contributed by atoms with Gasteiger partial charge < -0.3 is 10.4 Å². The largest absolute Gasteiger partial charge is 0.481 e. The fraction of sp³-hybridized carbons (Fsp3) is 0.529. The van der Waals surface area contributed by atoms with Gasteiger partial charge in [-0.1, -0.05) is 36.8 Å². The first-order chi connectivity index (χ1) is 10.6. The van der Waals surface area contributed by atoms with Gasteiger partial charge in [-0.2, -0.15) is 12.6 Å². The van der Waals surface area contributed by atoms with Crippen LogP contribution in [0.15, 0.2) is 30.3 Å². The molecule has 1 aliphatic carbocycles. The second-order valence-electron chi connectivity index (χ2n) is 5.98. The third-order valence-electron chi connectivity index (χ3n) is 4.29. The molecule has 120 valence electrons. The summed E-state index contributed by atoms with van der Waals surface area (Å²) < 4.78 is 0. The lowest BCUT2D eigenvalue weighted by atomic mass is 9.85. The number of aliphatic carboxylic acids is 1. The molecule has 0 heterocycles. The van der Waals surface area contributed by atoms with Crippen molar-refractivity contribution in [3.63, 3.8) is 0 Å². The fourth-order valence-corrected chi connectivity index (χ4v) is 3.30. The smallest absolute Gasteiger partial charge is 0.306 e. The molecule has 0 spiro atoms. The Bertz CT molecular complexity index is 506. The number of carbonyl (C=O) groups is 2. The number of carbonyl (C=O) groups excluding carboxylic acids is 1. The highest BCUT2D eigenvalue weighted by molar-refractivity contribution is 7.80. The third kappa shape index (κ3) is 4.77. The molecule has 0 saturated heterocycles. The van der Waals surface area contributed by atoms with E-state index in [1.54, 1.807) is 0 Å². The Morgan fingerprint density at radius 1 is 1.27 bits per heavy atom. The van der Waals surface area contributed by atoms with E-state index in [0.29, 0.717) is 25.0 Å². The van der Waals surface area contributed by atoms with Gasteiger partial charge in [0.25, 0.3) is 0 Å². The minimum atomic E-state index is -0.756. The minimum Gasteiger partial charge on any atom is -0.481 e. The van der Waals surface area contributed by atoms with Crippen LogP contribution in [0.2, 0.25) is 0 Å². The summed E-state index contributed by atoms with van der Waals surface area (Å²) in [4.78, 5) is 23.5. The van der Waals surface area contributed by atoms with Gasteiger partial charge in [-0.15, -0.1) is 0 Å². The summed E-state index contributed by atoms with van der Waals surface area (Å²) in [7, 11) is 0. The Morgan fingerprint density at radius 3 is 2.64 bits per heavy atom. The number of rotatable bonds is 6. The van der Waals surface area contributed by atoms with E-state index < -0.39 is 5.97 Å². The van der Waals surface area contributed by atoms with Crippen molar-refractivity contribution in [2.24, 2.45) is 11.8 Å². The van der Waals surface area contributed by atoms with Gasteiger partial charge in [-0.3, -0.25) is 9.59 Å². The van der Waals surface area contributed by atoms with Crippen LogP contribution < -0.4 is 5.32 Å². The fourth-order valence-electron chi connectivity index (χ4n) is 3.00. The van der Waals surface area contributed by atoms with Gasteiger partial charge in [0.1, 0.15) is 0 Å². The Morgan fingerprint density at radius 2 is 2.00 bits per heavy atom. The van der Waals surface area contributed by atoms with Crippen LogP contribution in [0.5, 0.6) is 0 Å². The van der Waals surface area contributed by atoms with Gasteiger partial charge in [0.05, 0.1) is 11.8 Å². The van der Waals surface area contributed by atoms with Crippen molar-refractivity contribution in [2.45, 2.75) is 38.1 Å². The van der Waals surface area contributed by atoms with Crippen LogP contribution >= 0.6 is 12.6 Å². The topological polar surface area (TPSA) is 66.4 Å². The van der Waals surface area contributed by atoms with E-state index in [1.807, 2.05) is 30.3 Å². The molecule has 3 atom stereocenters. The van der Waals surface area contributed by atoms with E-state index in [1.165, 1.54) is 0 Å². The van der Waals surface area contributed by atoms with Gasteiger partial charge in [-0.25, -0.2) is 0 Å². The number of hydrogen-bond acceptors (Lipinski definition) is 3. The zero-order chi connectivity index (χ0) is 15.9. The lowest BCUT2D eigenvalue weighted by Crippen LogP contribution is -2.43. The van der Waals surface area contributed by atoms with E-state index in [-0.39, 0.29) is 23.8 Å². The van der Waals surface area contributed by atoms with Crippen molar-refractivity contribution in [1.82, 2.24) is 5.32 Å². The molecular weight excluding hydrogens is 298 g/mol. The average Bonchev–Trinajstić information content (AvgIpc) is 2.53. The zero-order valence-electron chi connectivity index (χ0n) is 12.6. The molecule has 1 unspecified atom stereocenters. The lowest BCUT2D eigenvalue weighted by molar-refractivity contribution is -0.143. The highest BCUT2D eigenvalue weighted by Crippen LogP contribution is 2.25. The van der Waals surface area contributed by atoms with Crippen molar-refractivity contribution < 1.29 is 14.7 Å². The molecule has 2 rings (SSSR count). The van der Waals surface area contributed by atoms with E-state index >= 15 is 0 Å². The van der Waals surface area contributed by atoms with Gasteiger partial charge in [0.2, 0.25) is 5.91 Å². The van der Waals surface area contributed by atoms with Gasteiger partial charge in [-0.05, 0) is 31.2 Å². The quantitative estimate of drug-likeness (QED) is 0.705. The summed E-state index contributed by atoms with van der Waals surface area (Å²) in [6.45, 7) is 0. The summed E-state index contributed by atoms with van der Waals surface area (Å²) >= 11 is 4.30. The predicted octanol–water partition coefficient (Wildman–Crippen LogP) is 2.53. The monoisotopic (exact) mass is 321 g/mol. The molecule has 1 saturated carbocycles. The number of carboxylic acid groups (broad SMARTS) is 1. The molecule has 0 bridgehead atoms. The average molecular weight is 321 g/mol. The maximum absolute atomic E-state index is 12.4. The second-order valence-corrected chi connectivity index (χ2v) is 6.34. The highest BCUT2D eigenvalue weighted by Gasteiger charge is 2.29. The Labute approximate surface area is 136 Å². The second kappa shape index (κ2) is 8.22. The van der Waals surface area contributed by atoms with E-state index in [2.05, 4.69) is 17.9 Å². The van der Waals surface area contributed by atoms with Crippen molar-refractivity contribution >= 4 is 24.5 Å². The molecule has 1 aromatic carbocycles. The number of amides is 1. The van der Waals surface area contributed by atoms with Crippen LogP contribution in [0, 0.1) is 11.8 Å². The maximum Gasteiger partial charge on any atom is 0.306 e. The van der Waals surface area contributed by atoms with Crippen LogP contribution in [0.25, 0.3) is 0 Å². The van der Waals surface area contributed by atoms with Crippen LogP contribution in [-0.4, -0.2) is 28.8 Å². The van der Waals surface area contributed by atoms with Crippen molar-refractivity contribution in [3.05, 3.63) is 35.9 Å². The van der Waals surface area contributed by atoms with Gasteiger partial charge >= 0.3 is 5.97 Å². The van der Waals surface area contributed by atoms with Crippen molar-refractivity contribution in [3.8, 4) is 0 Å². The van der Waals surface area contributed by atoms with Crippen molar-refractivity contribution in [2.75, 3.05) is 5.75 Å². The third-order valence-corrected chi connectivity index (χ3v) is 4.73. The molecular formula is C17H23NO3S. The number of nitrogens with one attached hydrogen (secondary N) is 1. The zero-order valence-corrected chi connectivity index (χ0v) is 13.5. The molecule has 1 amide bonds. The molecule has 0 aromatic heterocycles. The summed E-state index contributed by atoms with van der Waals surface area (Å²) in [5.74, 6) is -0.807. The molecule has 1 fully saturated rings. The Hall–Kier alpha value is -1.49. The standard InChI is InChI=1S/C17H23NO3S/c19-16(14(11-22)9-12-5-2-1-3-6-12)18-15-8-4-7-13(10-15)17(20)21/h1-3,5-6,13-15,22H,4,7-11H2,(H,18,19)(H,20,21)/t13-,14?,15-/m0/s1. The molecule has 22 heavy (non-hydrogen) atoms. The minimum absolute atomic E-state index is 0.0186. The number of benzene rings is 1. The van der Waals surface area contributed by atoms with Crippen LogP contribution in [0.1, 0.15) is 31.2 Å². The first-order valence-electron chi connectivity index (χ1n) is 7.78. The van der Waals surface area contributed by atoms with E-state index in [9.17, 15) is 9.59 Å². The van der Waals surface area contributed by atoms with Crippen molar-refractivity contribution in [1.29, 1.82) is 0 Å². The Balaban J connectivity index is 1.90. The summed E-state index contributed by atoms with van der Waals surface area (Å²) in [5.41, 5.74) is 1.11. The summed E-state index contributed by atoms with van der Waals surface area (Å²) in [6, 6.07) is 9.85. The summed E-state index contributed by atoms with van der Waals surface area (Å²) in [5, 5.41) is 12.1. The number of thiol groups is 1. The molecule has 2 N–H and O–H groups in total. The van der Waals surface area contributed by atoms with Crippen LogP contribution in [-0.2, 0) is 16.0 Å². The molecule has 4 nitrogen and oxygen atoms in total. The number of hydrogen-bond donors (Lipinski definition) is 3. The maximum atomic E-state index is 12.4. The molecule has 0 radical (unpaired) electrons. The molecule has 5 heteroatoms. The van der Waals surface area contributed by atoms with Crippen LogP contribution in [0.3, 0.4) is 0 Å². The SMILES string of the molecule is O=C(N[C@H]1CCC[C@H](C(=O)O)C1)C(CS)Cc1ccccc1. The van der Waals surface area contributed by atoms with Crippen LogP contribution in [0.4, 0.5) is 0 Å². The van der Waals surface area contributed by atoms with Gasteiger partial charge in [0.15, 0.2) is 0 Å². The summed E-state index contributed by atoms with van der Waals surface area (Å²) in [6.07, 6.45) is 3.62. The van der Waals surface area contributed by atoms with E-state index in [4.69, 9.17) is 5.11 Å². The normalized spacial score (nSPS) is 22.8. The molecule has 1 aliphatic rings. The first kappa shape index (κ1) is 16.9. The first-order valence-corrected chi connectivity index (χ1v) is 8.41.